The van der Waals surface area contributed by atoms with Gasteiger partial charge in [-0.2, -0.15) is 0 Å². The van der Waals surface area contributed by atoms with E-state index in [-0.39, 0.29) is 18.2 Å². The summed E-state index contributed by atoms with van der Waals surface area (Å²) in [5.74, 6) is 0.877. The van der Waals surface area contributed by atoms with E-state index < -0.39 is 0 Å². The molecule has 0 spiro atoms. The standard InChI is InChI=1S/C14H21NO2/c1-10(15-13-4-3-5-14(13)16)11-6-8-12(17-2)9-7-11/h6-10,13-16H,3-5H2,1-2H3/t10-,13-,14-/m1/s1. The van der Waals surface area contributed by atoms with Gasteiger partial charge in [0.05, 0.1) is 13.2 Å². The van der Waals surface area contributed by atoms with E-state index in [1.165, 1.54) is 5.56 Å². The number of aliphatic hydroxyl groups excluding tert-OH is 1. The van der Waals surface area contributed by atoms with Gasteiger partial charge in [-0.1, -0.05) is 12.1 Å². The Morgan fingerprint density at radius 3 is 2.53 bits per heavy atom. The maximum atomic E-state index is 9.78. The Morgan fingerprint density at radius 2 is 2.00 bits per heavy atom. The van der Waals surface area contributed by atoms with E-state index in [1.807, 2.05) is 12.1 Å². The van der Waals surface area contributed by atoms with Crippen molar-refractivity contribution >= 4 is 0 Å². The summed E-state index contributed by atoms with van der Waals surface area (Å²) < 4.78 is 5.14. The lowest BCUT2D eigenvalue weighted by atomic mass is 10.1. The van der Waals surface area contributed by atoms with Crippen molar-refractivity contribution in [1.29, 1.82) is 0 Å². The lowest BCUT2D eigenvalue weighted by molar-refractivity contribution is 0.144. The highest BCUT2D eigenvalue weighted by Crippen LogP contribution is 2.23. The van der Waals surface area contributed by atoms with Crippen LogP contribution < -0.4 is 10.1 Å². The maximum Gasteiger partial charge on any atom is 0.118 e. The fourth-order valence-corrected chi connectivity index (χ4v) is 2.44. The Morgan fingerprint density at radius 1 is 1.29 bits per heavy atom. The molecule has 3 nitrogen and oxygen atoms in total. The molecule has 1 aromatic carbocycles. The molecule has 0 bridgehead atoms. The van der Waals surface area contributed by atoms with Crippen molar-refractivity contribution in [1.82, 2.24) is 5.32 Å². The molecule has 1 aromatic rings. The average Bonchev–Trinajstić information content (AvgIpc) is 2.75. The van der Waals surface area contributed by atoms with E-state index in [0.717, 1.165) is 25.0 Å². The Kier molecular flexibility index (Phi) is 4.02. The molecule has 0 aliphatic heterocycles. The predicted octanol–water partition coefficient (Wildman–Crippen LogP) is 2.26. The normalized spacial score (nSPS) is 25.8. The number of ether oxygens (including phenoxy) is 1. The number of hydrogen-bond acceptors (Lipinski definition) is 3. The zero-order valence-electron chi connectivity index (χ0n) is 10.5. The molecule has 1 aliphatic rings. The summed E-state index contributed by atoms with van der Waals surface area (Å²) in [5.41, 5.74) is 1.23. The summed E-state index contributed by atoms with van der Waals surface area (Å²) >= 11 is 0. The molecule has 0 saturated heterocycles. The molecule has 0 unspecified atom stereocenters. The highest BCUT2D eigenvalue weighted by molar-refractivity contribution is 5.28. The van der Waals surface area contributed by atoms with Crippen LogP contribution >= 0.6 is 0 Å². The lowest BCUT2D eigenvalue weighted by Gasteiger charge is -2.22. The van der Waals surface area contributed by atoms with Gasteiger partial charge in [-0.3, -0.25) is 0 Å². The number of aliphatic hydroxyl groups is 1. The van der Waals surface area contributed by atoms with Crippen LogP contribution in [0.3, 0.4) is 0 Å². The van der Waals surface area contributed by atoms with Crippen molar-refractivity contribution in [2.24, 2.45) is 0 Å². The molecule has 0 radical (unpaired) electrons. The topological polar surface area (TPSA) is 41.5 Å². The van der Waals surface area contributed by atoms with Gasteiger partial charge in [0.15, 0.2) is 0 Å². The van der Waals surface area contributed by atoms with E-state index in [4.69, 9.17) is 4.74 Å². The molecule has 2 rings (SSSR count). The van der Waals surface area contributed by atoms with E-state index in [1.54, 1.807) is 7.11 Å². The quantitative estimate of drug-likeness (QED) is 0.841. The molecule has 0 amide bonds. The third kappa shape index (κ3) is 2.99. The van der Waals surface area contributed by atoms with Crippen LogP contribution in [0.25, 0.3) is 0 Å². The first-order chi connectivity index (χ1) is 8.20. The Bertz CT molecular complexity index is 350. The summed E-state index contributed by atoms with van der Waals surface area (Å²) in [6, 6.07) is 8.58. The van der Waals surface area contributed by atoms with Crippen LogP contribution in [-0.2, 0) is 0 Å². The van der Waals surface area contributed by atoms with Crippen LogP contribution in [0.15, 0.2) is 24.3 Å². The van der Waals surface area contributed by atoms with Crippen molar-refractivity contribution in [3.05, 3.63) is 29.8 Å². The molecule has 1 aliphatic carbocycles. The molecule has 0 aromatic heterocycles. The van der Waals surface area contributed by atoms with Gasteiger partial charge in [-0.05, 0) is 43.9 Å². The highest BCUT2D eigenvalue weighted by atomic mass is 16.5. The van der Waals surface area contributed by atoms with E-state index in [2.05, 4.69) is 24.4 Å². The minimum absolute atomic E-state index is 0.185. The zero-order chi connectivity index (χ0) is 12.3. The Balaban J connectivity index is 1.96. The third-order valence-corrected chi connectivity index (χ3v) is 3.56. The summed E-state index contributed by atoms with van der Waals surface area (Å²) in [6.07, 6.45) is 2.93. The van der Waals surface area contributed by atoms with Crippen LogP contribution in [0.5, 0.6) is 5.75 Å². The Labute approximate surface area is 103 Å². The number of benzene rings is 1. The van der Waals surface area contributed by atoms with Crippen LogP contribution in [0.2, 0.25) is 0 Å². The first kappa shape index (κ1) is 12.4. The molecule has 94 valence electrons. The van der Waals surface area contributed by atoms with Crippen molar-refractivity contribution in [3.8, 4) is 5.75 Å². The van der Waals surface area contributed by atoms with Gasteiger partial charge in [0, 0.05) is 12.1 Å². The van der Waals surface area contributed by atoms with Crippen molar-refractivity contribution < 1.29 is 9.84 Å². The van der Waals surface area contributed by atoms with Crippen LogP contribution in [0, 0.1) is 0 Å². The first-order valence-corrected chi connectivity index (χ1v) is 6.29. The van der Waals surface area contributed by atoms with Crippen molar-refractivity contribution in [2.45, 2.75) is 44.4 Å². The van der Waals surface area contributed by atoms with Gasteiger partial charge in [0.25, 0.3) is 0 Å². The van der Waals surface area contributed by atoms with Gasteiger partial charge < -0.3 is 15.2 Å². The molecule has 17 heavy (non-hydrogen) atoms. The highest BCUT2D eigenvalue weighted by Gasteiger charge is 2.26. The largest absolute Gasteiger partial charge is 0.497 e. The SMILES string of the molecule is COc1ccc([C@@H](C)N[C@@H]2CCC[C@H]2O)cc1. The molecule has 1 saturated carbocycles. The van der Waals surface area contributed by atoms with Crippen LogP contribution in [0.4, 0.5) is 0 Å². The monoisotopic (exact) mass is 235 g/mol. The fourth-order valence-electron chi connectivity index (χ4n) is 2.44. The molecule has 3 atom stereocenters. The van der Waals surface area contributed by atoms with Crippen molar-refractivity contribution in [2.75, 3.05) is 7.11 Å². The minimum Gasteiger partial charge on any atom is -0.497 e. The maximum absolute atomic E-state index is 9.78. The van der Waals surface area contributed by atoms with E-state index in [9.17, 15) is 5.11 Å². The summed E-state index contributed by atoms with van der Waals surface area (Å²) in [5, 5.41) is 13.3. The van der Waals surface area contributed by atoms with Crippen molar-refractivity contribution in [3.63, 3.8) is 0 Å². The average molecular weight is 235 g/mol. The van der Waals surface area contributed by atoms with Gasteiger partial charge in [0.1, 0.15) is 5.75 Å². The molecule has 1 fully saturated rings. The van der Waals surface area contributed by atoms with Gasteiger partial charge in [0.2, 0.25) is 0 Å². The molecular formula is C14H21NO2. The second-order valence-corrected chi connectivity index (χ2v) is 4.77. The lowest BCUT2D eigenvalue weighted by Crippen LogP contribution is -2.37. The van der Waals surface area contributed by atoms with Gasteiger partial charge in [-0.15, -0.1) is 0 Å². The number of nitrogens with one attached hydrogen (secondary N) is 1. The fraction of sp³-hybridized carbons (Fsp3) is 0.571. The first-order valence-electron chi connectivity index (χ1n) is 6.29. The van der Waals surface area contributed by atoms with E-state index in [0.29, 0.717) is 0 Å². The van der Waals surface area contributed by atoms with Crippen LogP contribution in [0.1, 0.15) is 37.8 Å². The third-order valence-electron chi connectivity index (χ3n) is 3.56. The molecular weight excluding hydrogens is 214 g/mol. The smallest absolute Gasteiger partial charge is 0.118 e. The molecule has 2 N–H and O–H groups in total. The van der Waals surface area contributed by atoms with Gasteiger partial charge in [-0.25, -0.2) is 0 Å². The van der Waals surface area contributed by atoms with Gasteiger partial charge >= 0.3 is 0 Å². The summed E-state index contributed by atoms with van der Waals surface area (Å²) in [7, 11) is 1.67. The summed E-state index contributed by atoms with van der Waals surface area (Å²) in [4.78, 5) is 0. The molecule has 0 heterocycles. The second kappa shape index (κ2) is 5.52. The zero-order valence-corrected chi connectivity index (χ0v) is 10.5. The Hall–Kier alpha value is -1.06. The predicted molar refractivity (Wildman–Crippen MR) is 68.2 cm³/mol. The number of rotatable bonds is 4. The second-order valence-electron chi connectivity index (χ2n) is 4.77. The molecule has 3 heteroatoms. The number of methoxy groups -OCH3 is 1. The number of hydrogen-bond donors (Lipinski definition) is 2. The minimum atomic E-state index is -0.185. The van der Waals surface area contributed by atoms with E-state index >= 15 is 0 Å². The summed E-state index contributed by atoms with van der Waals surface area (Å²) in [6.45, 7) is 2.13. The van der Waals surface area contributed by atoms with Crippen LogP contribution in [-0.4, -0.2) is 24.4 Å².